The highest BCUT2D eigenvalue weighted by molar-refractivity contribution is 5.94. The van der Waals surface area contributed by atoms with Crippen molar-refractivity contribution in [3.8, 4) is 0 Å². The Bertz CT molecular complexity index is 2230. The number of esters is 9. The van der Waals surface area contributed by atoms with Crippen LogP contribution in [0.5, 0.6) is 0 Å². The van der Waals surface area contributed by atoms with Crippen LogP contribution >= 0.6 is 0 Å². The highest BCUT2D eigenvalue weighted by Gasteiger charge is 2.41. The van der Waals surface area contributed by atoms with Crippen LogP contribution < -0.4 is 0 Å². The van der Waals surface area contributed by atoms with Crippen molar-refractivity contribution in [2.75, 3.05) is 86.4 Å². The summed E-state index contributed by atoms with van der Waals surface area (Å²) >= 11 is 0. The molecule has 0 radical (unpaired) electrons. The molecular weight excluding hydrogens is 1080 g/mol. The Hall–Kier alpha value is -6.20. The second kappa shape index (κ2) is 34.3. The van der Waals surface area contributed by atoms with Crippen molar-refractivity contribution in [3.63, 3.8) is 0 Å². The largest absolute Gasteiger partial charge is 0.466 e. The fourth-order valence-electron chi connectivity index (χ4n) is 7.79. The summed E-state index contributed by atoms with van der Waals surface area (Å²) in [6, 6.07) is 0. The molecule has 4 fully saturated rings. The lowest BCUT2D eigenvalue weighted by molar-refractivity contribution is -0.174. The monoisotopic (exact) mass is 1160 g/mol. The number of allylic oxidation sites excluding steroid dienone is 1. The van der Waals surface area contributed by atoms with Crippen LogP contribution in [-0.4, -0.2) is 193 Å². The minimum atomic E-state index is -1.14. The van der Waals surface area contributed by atoms with Crippen LogP contribution in [0.15, 0.2) is 36.5 Å². The van der Waals surface area contributed by atoms with Crippen LogP contribution in [0.4, 0.5) is 0 Å². The van der Waals surface area contributed by atoms with Crippen molar-refractivity contribution in [2.45, 2.75) is 159 Å². The van der Waals surface area contributed by atoms with Gasteiger partial charge in [-0.1, -0.05) is 0 Å². The summed E-state index contributed by atoms with van der Waals surface area (Å²) in [6.45, 7) is 8.26. The molecule has 0 aromatic rings. The lowest BCUT2D eigenvalue weighted by atomic mass is 10.1. The van der Waals surface area contributed by atoms with Crippen molar-refractivity contribution in [2.24, 2.45) is 0 Å². The van der Waals surface area contributed by atoms with Gasteiger partial charge in [0.05, 0.1) is 85.6 Å². The second-order valence-electron chi connectivity index (χ2n) is 19.7. The van der Waals surface area contributed by atoms with Crippen molar-refractivity contribution >= 4 is 59.5 Å². The summed E-state index contributed by atoms with van der Waals surface area (Å²) in [5.74, 6) is -10.4. The molecule has 81 heavy (non-hydrogen) atoms. The molecule has 0 amide bonds. The Morgan fingerprint density at radius 3 is 0.840 bits per heavy atom. The topological polar surface area (TPSA) is 328 Å². The quantitative estimate of drug-likeness (QED) is 0.0377. The Labute approximate surface area is 469 Å². The third-order valence-corrected chi connectivity index (χ3v) is 12.2. The zero-order chi connectivity index (χ0) is 59.3. The molecule has 0 spiro atoms. The van der Waals surface area contributed by atoms with E-state index in [-0.39, 0.29) is 136 Å². The maximum Gasteiger partial charge on any atom is 0.331 e. The number of hydrogen-bond acceptors (Lipinski definition) is 27. The molecule has 4 rings (SSSR count). The molecule has 4 aliphatic rings. The standard InChI is InChI=1S/C54H76O27/c1-37(55)11-12-43(57)70-29-38-33-74-51(2,78-38)21-17-47(61)66-25-7-8-27-68-49(63)19-23-53(4)76-35-40(80-53)31-72-45(59)15-16-46(60)73-32-41-36-77-54(5,81-41)24-20-50(64)69-28-10-9-26-67-48(62)18-22-52(3)75-34-39(79-52)30-71-44(58)14-13-42(56)65-6/h11-16,38-41H,7-10,17-36H2,1-6H3/b12-11-,14-13-,16-15-. The Morgan fingerprint density at radius 1 is 0.370 bits per heavy atom. The molecule has 4 heterocycles. The predicted octanol–water partition coefficient (Wildman–Crippen LogP) is 2.97. The van der Waals surface area contributed by atoms with Crippen molar-refractivity contribution in [3.05, 3.63) is 36.5 Å². The molecule has 0 N–H and O–H groups in total. The molecule has 0 bridgehead atoms. The van der Waals surface area contributed by atoms with Gasteiger partial charge in [-0.2, -0.15) is 0 Å². The molecule has 4 aliphatic heterocycles. The van der Waals surface area contributed by atoms with E-state index < -0.39 is 101 Å². The van der Waals surface area contributed by atoms with Gasteiger partial charge in [0.1, 0.15) is 50.8 Å². The van der Waals surface area contributed by atoms with Gasteiger partial charge >= 0.3 is 53.7 Å². The van der Waals surface area contributed by atoms with Crippen molar-refractivity contribution < 1.29 is 128 Å². The van der Waals surface area contributed by atoms with Gasteiger partial charge in [-0.15, -0.1) is 0 Å². The molecule has 0 saturated carbocycles. The molecular formula is C54H76O27. The van der Waals surface area contributed by atoms with Crippen LogP contribution in [0.2, 0.25) is 0 Å². The van der Waals surface area contributed by atoms with Crippen molar-refractivity contribution in [1.82, 2.24) is 0 Å². The van der Waals surface area contributed by atoms with Crippen LogP contribution in [-0.2, 0) is 128 Å². The molecule has 0 aromatic carbocycles. The summed E-state index contributed by atoms with van der Waals surface area (Å²) in [4.78, 5) is 119. The highest BCUT2D eigenvalue weighted by atomic mass is 16.8. The summed E-state index contributed by atoms with van der Waals surface area (Å²) in [5, 5.41) is 0. The molecule has 27 heteroatoms. The van der Waals surface area contributed by atoms with E-state index in [4.69, 9.17) is 75.8 Å². The van der Waals surface area contributed by atoms with Crippen LogP contribution in [0.3, 0.4) is 0 Å². The number of carbonyl (C=O) groups excluding carboxylic acids is 10. The molecule has 0 aromatic heterocycles. The SMILES string of the molecule is COC(=O)/C=C\C(=O)OCC1COC(C)(CCC(=O)OCCCCOC(=O)CCC2(C)OCC(COC(=O)/C=C\C(=O)OCC3COC(C)(CCC(=O)OCCCCOC(=O)CCC4(C)OCC(COC(=O)/C=C\C(C)=O)O4)O3)O2)O1. The smallest absolute Gasteiger partial charge is 0.331 e. The lowest BCUT2D eigenvalue weighted by Gasteiger charge is -2.23. The van der Waals surface area contributed by atoms with E-state index in [0.29, 0.717) is 25.7 Å². The Kier molecular flexibility index (Phi) is 28.5. The maximum atomic E-state index is 12.4. The van der Waals surface area contributed by atoms with Gasteiger partial charge in [-0.05, 0) is 66.4 Å². The van der Waals surface area contributed by atoms with E-state index in [0.717, 1.165) is 36.5 Å². The number of ether oxygens (including phenoxy) is 17. The zero-order valence-corrected chi connectivity index (χ0v) is 46.8. The first-order valence-electron chi connectivity index (χ1n) is 26.7. The van der Waals surface area contributed by atoms with Gasteiger partial charge in [0.25, 0.3) is 0 Å². The Morgan fingerprint density at radius 2 is 0.605 bits per heavy atom. The number of rotatable bonds is 36. The van der Waals surface area contributed by atoms with Gasteiger partial charge in [-0.25, -0.2) is 24.0 Å². The van der Waals surface area contributed by atoms with Gasteiger partial charge in [0.2, 0.25) is 0 Å². The Balaban J connectivity index is 0.944. The average molecular weight is 1160 g/mol. The normalized spacial score (nSPS) is 26.1. The van der Waals surface area contributed by atoms with E-state index in [1.54, 1.807) is 27.7 Å². The second-order valence-corrected chi connectivity index (χ2v) is 19.7. The fraction of sp³-hybridized carbons (Fsp3) is 0.704. The lowest BCUT2D eigenvalue weighted by Crippen LogP contribution is -2.29. The van der Waals surface area contributed by atoms with Gasteiger partial charge in [-0.3, -0.25) is 24.0 Å². The van der Waals surface area contributed by atoms with E-state index in [9.17, 15) is 47.9 Å². The average Bonchev–Trinajstić information content (AvgIpc) is 4.25. The van der Waals surface area contributed by atoms with Gasteiger partial charge in [0.15, 0.2) is 28.9 Å². The van der Waals surface area contributed by atoms with E-state index in [2.05, 4.69) is 4.74 Å². The van der Waals surface area contributed by atoms with Crippen LogP contribution in [0.25, 0.3) is 0 Å². The first kappa shape index (κ1) is 67.3. The van der Waals surface area contributed by atoms with E-state index in [1.165, 1.54) is 14.0 Å². The predicted molar refractivity (Wildman–Crippen MR) is 270 cm³/mol. The summed E-state index contributed by atoms with van der Waals surface area (Å²) < 4.78 is 92.1. The van der Waals surface area contributed by atoms with Crippen molar-refractivity contribution in [1.29, 1.82) is 0 Å². The summed E-state index contributed by atoms with van der Waals surface area (Å²) in [6.07, 6.45) is 5.96. The van der Waals surface area contributed by atoms with Crippen LogP contribution in [0.1, 0.15) is 112 Å². The minimum Gasteiger partial charge on any atom is -0.466 e. The number of hydrogen-bond donors (Lipinski definition) is 0. The van der Waals surface area contributed by atoms with Gasteiger partial charge in [0, 0.05) is 56.1 Å². The molecule has 27 nitrogen and oxygen atoms in total. The number of ketones is 1. The first-order valence-corrected chi connectivity index (χ1v) is 26.7. The molecule has 8 atom stereocenters. The molecule has 4 saturated heterocycles. The van der Waals surface area contributed by atoms with E-state index >= 15 is 0 Å². The molecule has 8 unspecified atom stereocenters. The third kappa shape index (κ3) is 27.9. The summed E-state index contributed by atoms with van der Waals surface area (Å²) in [5.41, 5.74) is 0. The first-order chi connectivity index (χ1) is 38.5. The fourth-order valence-corrected chi connectivity index (χ4v) is 7.79. The number of carbonyl (C=O) groups is 10. The van der Waals surface area contributed by atoms with E-state index in [1.807, 2.05) is 0 Å². The maximum absolute atomic E-state index is 12.4. The highest BCUT2D eigenvalue weighted by Crippen LogP contribution is 2.32. The minimum absolute atomic E-state index is 0.00923. The zero-order valence-electron chi connectivity index (χ0n) is 46.8. The number of unbranched alkanes of at least 4 members (excludes halogenated alkanes) is 2. The molecule has 454 valence electrons. The molecule has 0 aliphatic carbocycles. The summed E-state index contributed by atoms with van der Waals surface area (Å²) in [7, 11) is 1.18. The number of methoxy groups -OCH3 is 1. The van der Waals surface area contributed by atoms with Crippen LogP contribution in [0, 0.1) is 0 Å². The van der Waals surface area contributed by atoms with Gasteiger partial charge < -0.3 is 80.5 Å². The third-order valence-electron chi connectivity index (χ3n) is 12.2.